The van der Waals surface area contributed by atoms with Crippen LogP contribution in [0.15, 0.2) is 72.3 Å². The zero-order valence-corrected chi connectivity index (χ0v) is 20.8. The summed E-state index contributed by atoms with van der Waals surface area (Å²) in [5.74, 6) is 0.230. The van der Waals surface area contributed by atoms with Crippen molar-refractivity contribution in [3.05, 3.63) is 89.0 Å². The largest absolute Gasteiger partial charge is 0.507 e. The molecule has 7 nitrogen and oxygen atoms in total. The molecule has 0 aromatic heterocycles. The second kappa shape index (κ2) is 10.6. The number of methoxy groups -OCH3 is 2. The van der Waals surface area contributed by atoms with E-state index < -0.39 is 17.7 Å². The monoisotopic (exact) mass is 487 g/mol. The van der Waals surface area contributed by atoms with Gasteiger partial charge in [0, 0.05) is 11.3 Å². The van der Waals surface area contributed by atoms with E-state index in [2.05, 4.69) is 0 Å². The lowest BCUT2D eigenvalue weighted by Crippen LogP contribution is -2.29. The van der Waals surface area contributed by atoms with Crippen LogP contribution in [0.25, 0.3) is 5.76 Å². The van der Waals surface area contributed by atoms with Crippen LogP contribution >= 0.6 is 0 Å². The predicted molar refractivity (Wildman–Crippen MR) is 138 cm³/mol. The first-order chi connectivity index (χ1) is 17.4. The molecule has 0 radical (unpaired) electrons. The summed E-state index contributed by atoms with van der Waals surface area (Å²) in [6.45, 7) is 4.42. The molecule has 0 spiro atoms. The zero-order valence-electron chi connectivity index (χ0n) is 20.8. The van der Waals surface area contributed by atoms with Crippen molar-refractivity contribution in [2.45, 2.75) is 26.3 Å². The summed E-state index contributed by atoms with van der Waals surface area (Å²) >= 11 is 0. The highest BCUT2D eigenvalue weighted by Crippen LogP contribution is 2.43. The molecule has 186 valence electrons. The maximum Gasteiger partial charge on any atom is 0.300 e. The predicted octanol–water partition coefficient (Wildman–Crippen LogP) is 5.43. The van der Waals surface area contributed by atoms with E-state index in [1.54, 1.807) is 68.8 Å². The Morgan fingerprint density at radius 2 is 1.50 bits per heavy atom. The Morgan fingerprint density at radius 3 is 2.08 bits per heavy atom. The number of hydrogen-bond acceptors (Lipinski definition) is 6. The van der Waals surface area contributed by atoms with E-state index in [9.17, 15) is 14.7 Å². The van der Waals surface area contributed by atoms with E-state index >= 15 is 0 Å². The normalized spacial score (nSPS) is 16.8. The highest BCUT2D eigenvalue weighted by atomic mass is 16.5. The number of Topliss-reactive ketones (excluding diaryl/α,β-unsaturated/α-hetero) is 1. The van der Waals surface area contributed by atoms with Crippen LogP contribution in [0.5, 0.6) is 17.2 Å². The summed E-state index contributed by atoms with van der Waals surface area (Å²) in [7, 11) is 3.11. The number of carbonyl (C=O) groups excluding carboxylic acids is 2. The molecule has 1 atom stereocenters. The minimum atomic E-state index is -0.833. The van der Waals surface area contributed by atoms with Gasteiger partial charge in [-0.1, -0.05) is 19.1 Å². The first-order valence-electron chi connectivity index (χ1n) is 11.7. The molecule has 1 N–H and O–H groups in total. The maximum absolute atomic E-state index is 13.4. The van der Waals surface area contributed by atoms with Crippen LogP contribution in [-0.2, 0) is 9.59 Å². The number of aliphatic hydroxyl groups is 1. The number of hydrogen-bond donors (Lipinski definition) is 1. The number of aryl methyl sites for hydroxylation is 1. The summed E-state index contributed by atoms with van der Waals surface area (Å²) < 4.78 is 16.2. The molecule has 1 aliphatic heterocycles. The van der Waals surface area contributed by atoms with E-state index in [-0.39, 0.29) is 11.3 Å². The average Bonchev–Trinajstić information content (AvgIpc) is 3.17. The smallest absolute Gasteiger partial charge is 0.300 e. The minimum Gasteiger partial charge on any atom is -0.507 e. The molecular weight excluding hydrogens is 458 g/mol. The van der Waals surface area contributed by atoms with Gasteiger partial charge in [0.2, 0.25) is 0 Å². The third kappa shape index (κ3) is 4.64. The molecule has 1 saturated heterocycles. The number of rotatable bonds is 8. The Bertz CT molecular complexity index is 1290. The molecule has 0 saturated carbocycles. The molecule has 4 rings (SSSR count). The van der Waals surface area contributed by atoms with Crippen LogP contribution in [0, 0.1) is 6.92 Å². The molecule has 1 unspecified atom stereocenters. The van der Waals surface area contributed by atoms with Crippen LogP contribution in [0.4, 0.5) is 5.69 Å². The summed E-state index contributed by atoms with van der Waals surface area (Å²) in [5, 5.41) is 11.4. The fourth-order valence-corrected chi connectivity index (χ4v) is 4.30. The third-order valence-electron chi connectivity index (χ3n) is 6.15. The topological polar surface area (TPSA) is 85.3 Å². The number of benzene rings is 3. The van der Waals surface area contributed by atoms with Gasteiger partial charge in [-0.3, -0.25) is 14.5 Å². The molecule has 3 aromatic rings. The summed E-state index contributed by atoms with van der Waals surface area (Å²) in [4.78, 5) is 28.1. The number of anilines is 1. The molecular formula is C29H29NO6. The van der Waals surface area contributed by atoms with Gasteiger partial charge in [-0.05, 0) is 79.1 Å². The number of nitrogens with zero attached hydrogens (tertiary/aromatic N) is 1. The Balaban J connectivity index is 1.87. The van der Waals surface area contributed by atoms with Gasteiger partial charge in [-0.2, -0.15) is 0 Å². The fraction of sp³-hybridized carbons (Fsp3) is 0.241. The van der Waals surface area contributed by atoms with E-state index in [1.807, 2.05) is 26.0 Å². The Labute approximate surface area is 210 Å². The highest BCUT2D eigenvalue weighted by Gasteiger charge is 2.47. The third-order valence-corrected chi connectivity index (χ3v) is 6.15. The molecule has 0 bridgehead atoms. The Morgan fingerprint density at radius 1 is 0.889 bits per heavy atom. The van der Waals surface area contributed by atoms with Crippen molar-refractivity contribution >= 4 is 23.1 Å². The van der Waals surface area contributed by atoms with Crippen molar-refractivity contribution in [1.82, 2.24) is 0 Å². The molecule has 1 amide bonds. The van der Waals surface area contributed by atoms with E-state index in [1.165, 1.54) is 4.90 Å². The van der Waals surface area contributed by atoms with Gasteiger partial charge in [-0.25, -0.2) is 0 Å². The van der Waals surface area contributed by atoms with Gasteiger partial charge in [0.25, 0.3) is 11.7 Å². The molecule has 1 aliphatic rings. The van der Waals surface area contributed by atoms with Crippen molar-refractivity contribution in [3.8, 4) is 17.2 Å². The standard InChI is InChI=1S/C29H29NO6/c1-5-16-36-22-10-6-19(7-11-22)26-25(27(31)24-15-14-23(35-4)17-18(24)2)28(32)29(33)30(26)20-8-12-21(34-3)13-9-20/h6-15,17,26,31H,5,16H2,1-4H3/b27-25-. The maximum atomic E-state index is 13.4. The van der Waals surface area contributed by atoms with Gasteiger partial charge in [-0.15, -0.1) is 0 Å². The van der Waals surface area contributed by atoms with Gasteiger partial charge < -0.3 is 19.3 Å². The molecule has 7 heteroatoms. The van der Waals surface area contributed by atoms with Gasteiger partial charge in [0.15, 0.2) is 0 Å². The van der Waals surface area contributed by atoms with Crippen molar-refractivity contribution in [3.63, 3.8) is 0 Å². The summed E-state index contributed by atoms with van der Waals surface area (Å²) in [6.07, 6.45) is 0.876. The summed E-state index contributed by atoms with van der Waals surface area (Å²) in [6, 6.07) is 18.4. The fourth-order valence-electron chi connectivity index (χ4n) is 4.30. The second-order valence-electron chi connectivity index (χ2n) is 8.47. The first kappa shape index (κ1) is 24.9. The van der Waals surface area contributed by atoms with Crippen LogP contribution < -0.4 is 19.1 Å². The molecule has 3 aromatic carbocycles. The summed E-state index contributed by atoms with van der Waals surface area (Å²) in [5.41, 5.74) is 2.37. The lowest BCUT2D eigenvalue weighted by Gasteiger charge is -2.26. The Hall–Kier alpha value is -4.26. The first-order valence-corrected chi connectivity index (χ1v) is 11.7. The van der Waals surface area contributed by atoms with E-state index in [0.717, 1.165) is 6.42 Å². The van der Waals surface area contributed by atoms with Crippen LogP contribution in [0.1, 0.15) is 36.1 Å². The van der Waals surface area contributed by atoms with E-state index in [0.29, 0.717) is 46.2 Å². The van der Waals surface area contributed by atoms with Gasteiger partial charge >= 0.3 is 0 Å². The van der Waals surface area contributed by atoms with Crippen molar-refractivity contribution in [1.29, 1.82) is 0 Å². The van der Waals surface area contributed by atoms with Crippen LogP contribution in [-0.4, -0.2) is 37.6 Å². The Kier molecular flexibility index (Phi) is 7.29. The minimum absolute atomic E-state index is 0.0197. The quantitative estimate of drug-likeness (QED) is 0.259. The number of amides is 1. The number of ketones is 1. The van der Waals surface area contributed by atoms with Crippen LogP contribution in [0.3, 0.4) is 0 Å². The molecule has 1 heterocycles. The molecule has 0 aliphatic carbocycles. The van der Waals surface area contributed by atoms with Gasteiger partial charge in [0.05, 0.1) is 32.4 Å². The zero-order chi connectivity index (χ0) is 25.8. The lowest BCUT2D eigenvalue weighted by molar-refractivity contribution is -0.132. The van der Waals surface area contributed by atoms with Crippen LogP contribution in [0.2, 0.25) is 0 Å². The van der Waals surface area contributed by atoms with E-state index in [4.69, 9.17) is 14.2 Å². The van der Waals surface area contributed by atoms with Crippen molar-refractivity contribution in [2.75, 3.05) is 25.7 Å². The van der Waals surface area contributed by atoms with Gasteiger partial charge in [0.1, 0.15) is 23.0 Å². The van der Waals surface area contributed by atoms with Crippen molar-refractivity contribution < 1.29 is 28.9 Å². The number of ether oxygens (including phenoxy) is 3. The average molecular weight is 488 g/mol. The molecule has 1 fully saturated rings. The van der Waals surface area contributed by atoms with Crippen molar-refractivity contribution in [2.24, 2.45) is 0 Å². The lowest BCUT2D eigenvalue weighted by atomic mass is 9.93. The number of aliphatic hydroxyl groups excluding tert-OH is 1. The highest BCUT2D eigenvalue weighted by molar-refractivity contribution is 6.51. The SMILES string of the molecule is CCCOc1ccc(C2/C(=C(/O)c3ccc(OC)cc3C)C(=O)C(=O)N2c2ccc(OC)cc2)cc1. The number of carbonyl (C=O) groups is 2. The molecule has 36 heavy (non-hydrogen) atoms. The second-order valence-corrected chi connectivity index (χ2v) is 8.47.